The molecule has 0 bridgehead atoms. The Morgan fingerprint density at radius 2 is 2.08 bits per heavy atom. The van der Waals surface area contributed by atoms with Crippen LogP contribution in [0.25, 0.3) is 10.1 Å². The van der Waals surface area contributed by atoms with Crippen molar-refractivity contribution in [2.24, 2.45) is 0 Å². The summed E-state index contributed by atoms with van der Waals surface area (Å²) >= 11 is 1.27. The fourth-order valence-corrected chi connectivity index (χ4v) is 5.98. The summed E-state index contributed by atoms with van der Waals surface area (Å²) in [5.41, 5.74) is 1.26. The molecule has 134 valence electrons. The number of hydrogen-bond donors (Lipinski definition) is 0. The highest BCUT2D eigenvalue weighted by Gasteiger charge is 2.27. The molecule has 0 unspecified atom stereocenters. The van der Waals surface area contributed by atoms with Crippen LogP contribution in [0.15, 0.2) is 22.4 Å². The molecule has 1 saturated heterocycles. The van der Waals surface area contributed by atoms with E-state index >= 15 is 0 Å². The second-order valence-corrected chi connectivity index (χ2v) is 9.41. The van der Waals surface area contributed by atoms with Gasteiger partial charge < -0.3 is 4.74 Å². The van der Waals surface area contributed by atoms with Gasteiger partial charge in [-0.2, -0.15) is 9.57 Å². The minimum atomic E-state index is -3.54. The molecule has 2 aromatic rings. The van der Waals surface area contributed by atoms with E-state index < -0.39 is 10.0 Å². The van der Waals surface area contributed by atoms with Gasteiger partial charge in [0.15, 0.2) is 0 Å². The third-order valence-corrected chi connectivity index (χ3v) is 8.23. The topological polar surface area (TPSA) is 73.6 Å². The van der Waals surface area contributed by atoms with Crippen molar-refractivity contribution in [3.63, 3.8) is 0 Å². The Morgan fingerprint density at radius 1 is 1.36 bits per heavy atom. The summed E-state index contributed by atoms with van der Waals surface area (Å²) in [5, 5.41) is 9.89. The van der Waals surface area contributed by atoms with Crippen LogP contribution in [0.1, 0.15) is 11.1 Å². The lowest BCUT2D eigenvalue weighted by Gasteiger charge is -2.28. The van der Waals surface area contributed by atoms with E-state index in [1.807, 2.05) is 13.0 Å². The Morgan fingerprint density at radius 3 is 2.76 bits per heavy atom. The number of fused-ring (bicyclic) bond motifs is 1. The number of sulfonamides is 1. The van der Waals surface area contributed by atoms with Crippen molar-refractivity contribution in [3.05, 3.63) is 29.3 Å². The van der Waals surface area contributed by atoms with Crippen LogP contribution in [0, 0.1) is 18.3 Å². The monoisotopic (exact) mass is 379 g/mol. The van der Waals surface area contributed by atoms with E-state index in [9.17, 15) is 8.42 Å². The number of thiophene rings is 1. The van der Waals surface area contributed by atoms with Gasteiger partial charge in [-0.1, -0.05) is 0 Å². The third kappa shape index (κ3) is 3.71. The van der Waals surface area contributed by atoms with Crippen LogP contribution in [0.3, 0.4) is 0 Å². The number of likely N-dealkylation sites (N-methyl/N-ethyl adjacent to an activating group) is 1. The van der Waals surface area contributed by atoms with Crippen LogP contribution < -0.4 is 0 Å². The van der Waals surface area contributed by atoms with E-state index in [4.69, 9.17) is 10.00 Å². The summed E-state index contributed by atoms with van der Waals surface area (Å²) in [6.45, 7) is 6.03. The standard InChI is InChI=1S/C17H21N3O3S2/c1-13-15-11-14(12-18)3-4-16(15)24-17(13)25(21,22)19(2)5-6-20-7-9-23-10-8-20/h3-4,11H,5-10H2,1-2H3. The van der Waals surface area contributed by atoms with Gasteiger partial charge in [-0.25, -0.2) is 8.42 Å². The molecule has 0 aliphatic carbocycles. The fraction of sp³-hybridized carbons (Fsp3) is 0.471. The van der Waals surface area contributed by atoms with Crippen molar-refractivity contribution in [1.29, 1.82) is 5.26 Å². The largest absolute Gasteiger partial charge is 0.379 e. The second kappa shape index (κ2) is 7.40. The molecule has 0 amide bonds. The molecule has 2 heterocycles. The lowest BCUT2D eigenvalue weighted by molar-refractivity contribution is 0.0368. The summed E-state index contributed by atoms with van der Waals surface area (Å²) in [7, 11) is -1.92. The van der Waals surface area contributed by atoms with Gasteiger partial charge in [0, 0.05) is 37.9 Å². The zero-order valence-electron chi connectivity index (χ0n) is 14.4. The molecule has 1 fully saturated rings. The molecule has 1 aliphatic heterocycles. The highest BCUT2D eigenvalue weighted by atomic mass is 32.2. The maximum Gasteiger partial charge on any atom is 0.252 e. The maximum atomic E-state index is 13.0. The number of rotatable bonds is 5. The number of nitriles is 1. The average Bonchev–Trinajstić information content (AvgIpc) is 2.97. The molecule has 0 radical (unpaired) electrons. The lowest BCUT2D eigenvalue weighted by atomic mass is 10.1. The molecule has 8 heteroatoms. The summed E-state index contributed by atoms with van der Waals surface area (Å²) in [5.74, 6) is 0. The highest BCUT2D eigenvalue weighted by molar-refractivity contribution is 7.91. The molecule has 1 aliphatic rings. The van der Waals surface area contributed by atoms with Crippen LogP contribution in [0.2, 0.25) is 0 Å². The van der Waals surface area contributed by atoms with Crippen LogP contribution in [-0.4, -0.2) is 64.1 Å². The Labute approximate surface area is 152 Å². The van der Waals surface area contributed by atoms with E-state index in [2.05, 4.69) is 11.0 Å². The Bertz CT molecular complexity index is 909. The van der Waals surface area contributed by atoms with E-state index in [0.717, 1.165) is 28.7 Å². The molecule has 0 saturated carbocycles. The lowest BCUT2D eigenvalue weighted by Crippen LogP contribution is -2.41. The van der Waals surface area contributed by atoms with Crippen molar-refractivity contribution in [1.82, 2.24) is 9.21 Å². The van der Waals surface area contributed by atoms with E-state index in [0.29, 0.717) is 36.1 Å². The van der Waals surface area contributed by atoms with Crippen LogP contribution in [0.5, 0.6) is 0 Å². The van der Waals surface area contributed by atoms with Crippen LogP contribution in [0.4, 0.5) is 0 Å². The van der Waals surface area contributed by atoms with Crippen molar-refractivity contribution in [2.75, 3.05) is 46.4 Å². The zero-order chi connectivity index (χ0) is 18.0. The molecule has 0 spiro atoms. The number of nitrogens with zero attached hydrogens (tertiary/aromatic N) is 3. The van der Waals surface area contributed by atoms with E-state index in [-0.39, 0.29) is 0 Å². The summed E-state index contributed by atoms with van der Waals surface area (Å²) in [6.07, 6.45) is 0. The van der Waals surface area contributed by atoms with E-state index in [1.54, 1.807) is 19.2 Å². The van der Waals surface area contributed by atoms with Crippen LogP contribution in [-0.2, 0) is 14.8 Å². The first kappa shape index (κ1) is 18.3. The molecule has 6 nitrogen and oxygen atoms in total. The summed E-state index contributed by atoms with van der Waals surface area (Å²) in [4.78, 5) is 2.21. The highest BCUT2D eigenvalue weighted by Crippen LogP contribution is 2.35. The molecule has 25 heavy (non-hydrogen) atoms. The van der Waals surface area contributed by atoms with Gasteiger partial charge in [0.25, 0.3) is 10.0 Å². The molecular weight excluding hydrogens is 358 g/mol. The van der Waals surface area contributed by atoms with Gasteiger partial charge in [-0.15, -0.1) is 11.3 Å². The molecule has 3 rings (SSSR count). The first-order valence-corrected chi connectivity index (χ1v) is 10.4. The normalized spacial score (nSPS) is 16.4. The maximum absolute atomic E-state index is 13.0. The van der Waals surface area contributed by atoms with Crippen molar-refractivity contribution in [2.45, 2.75) is 11.1 Å². The SMILES string of the molecule is Cc1c(S(=O)(=O)N(C)CCN2CCOCC2)sc2ccc(C#N)cc12. The minimum Gasteiger partial charge on any atom is -0.379 e. The Hall–Kier alpha value is -1.50. The molecule has 1 aromatic carbocycles. The van der Waals surface area contributed by atoms with Gasteiger partial charge in [0.1, 0.15) is 4.21 Å². The number of benzene rings is 1. The first-order valence-electron chi connectivity index (χ1n) is 8.13. The van der Waals surface area contributed by atoms with Gasteiger partial charge in [0.2, 0.25) is 0 Å². The number of aryl methyl sites for hydroxylation is 1. The quantitative estimate of drug-likeness (QED) is 0.795. The smallest absolute Gasteiger partial charge is 0.252 e. The summed E-state index contributed by atoms with van der Waals surface area (Å²) in [6, 6.07) is 7.40. The predicted molar refractivity (Wildman–Crippen MR) is 98.4 cm³/mol. The van der Waals surface area contributed by atoms with Crippen molar-refractivity contribution >= 4 is 31.4 Å². The third-order valence-electron chi connectivity index (χ3n) is 4.50. The van der Waals surface area contributed by atoms with Crippen molar-refractivity contribution < 1.29 is 13.2 Å². The van der Waals surface area contributed by atoms with Gasteiger partial charge in [-0.05, 0) is 36.1 Å². The van der Waals surface area contributed by atoms with Gasteiger partial charge >= 0.3 is 0 Å². The van der Waals surface area contributed by atoms with Gasteiger partial charge in [-0.3, -0.25) is 4.90 Å². The Kier molecular flexibility index (Phi) is 5.41. The van der Waals surface area contributed by atoms with Gasteiger partial charge in [0.05, 0.1) is 24.8 Å². The first-order chi connectivity index (χ1) is 11.9. The molecule has 1 aromatic heterocycles. The number of hydrogen-bond acceptors (Lipinski definition) is 6. The average molecular weight is 380 g/mol. The minimum absolute atomic E-state index is 0.363. The molecule has 0 N–H and O–H groups in total. The molecule has 0 atom stereocenters. The summed E-state index contributed by atoms with van der Waals surface area (Å²) < 4.78 is 33.9. The van der Waals surface area contributed by atoms with Crippen LogP contribution >= 0.6 is 11.3 Å². The number of ether oxygens (including phenoxy) is 1. The van der Waals surface area contributed by atoms with E-state index in [1.165, 1.54) is 15.6 Å². The second-order valence-electron chi connectivity index (χ2n) is 6.12. The van der Waals surface area contributed by atoms with Crippen molar-refractivity contribution in [3.8, 4) is 6.07 Å². The molecular formula is C17H21N3O3S2. The Balaban J connectivity index is 1.82. The fourth-order valence-electron chi connectivity index (χ4n) is 2.88. The number of morpholine rings is 1. The zero-order valence-corrected chi connectivity index (χ0v) is 16.0. The predicted octanol–water partition coefficient (Wildman–Crippen LogP) is 2.03.